The molecule has 2 N–H and O–H groups in total. The Labute approximate surface area is 135 Å². The van der Waals surface area contributed by atoms with Gasteiger partial charge in [-0.2, -0.15) is 13.2 Å². The van der Waals surface area contributed by atoms with Crippen LogP contribution in [0.1, 0.15) is 5.56 Å². The quantitative estimate of drug-likeness (QED) is 0.845. The van der Waals surface area contributed by atoms with Gasteiger partial charge >= 0.3 is 6.18 Å². The Balaban J connectivity index is 2.08. The maximum atomic E-state index is 12.7. The molecule has 3 rings (SSSR count). The van der Waals surface area contributed by atoms with Crippen molar-refractivity contribution in [3.8, 4) is 5.75 Å². The van der Waals surface area contributed by atoms with Crippen molar-refractivity contribution in [2.45, 2.75) is 16.6 Å². The van der Waals surface area contributed by atoms with Crippen molar-refractivity contribution < 1.29 is 31.4 Å². The van der Waals surface area contributed by atoms with Gasteiger partial charge < -0.3 is 9.84 Å². The number of hydrogen-bond acceptors (Lipinski definition) is 6. The zero-order chi connectivity index (χ0) is 17.5. The van der Waals surface area contributed by atoms with Gasteiger partial charge in [-0.1, -0.05) is 0 Å². The molecule has 1 atom stereocenters. The van der Waals surface area contributed by atoms with Crippen LogP contribution in [-0.2, 0) is 20.8 Å². The van der Waals surface area contributed by atoms with E-state index < -0.39 is 37.7 Å². The van der Waals surface area contributed by atoms with Crippen LogP contribution in [0.5, 0.6) is 5.75 Å². The molecule has 2 aromatic rings. The normalized spacial score (nSPS) is 19.5. The van der Waals surface area contributed by atoms with Crippen LogP contribution in [0.25, 0.3) is 10.9 Å². The molecule has 0 spiro atoms. The summed E-state index contributed by atoms with van der Waals surface area (Å²) in [5.41, 5.74) is -0.997. The molecule has 6 nitrogen and oxygen atoms in total. The fraction of sp³-hybridized carbons (Fsp3) is 0.357. The van der Waals surface area contributed by atoms with Gasteiger partial charge in [-0.25, -0.2) is 13.4 Å². The topological polar surface area (TPSA) is 88.5 Å². The third-order valence-corrected chi connectivity index (χ3v) is 5.49. The Morgan fingerprint density at radius 2 is 2.04 bits per heavy atom. The third-order valence-electron chi connectivity index (χ3n) is 3.64. The van der Waals surface area contributed by atoms with Crippen LogP contribution in [0.15, 0.2) is 29.3 Å². The summed E-state index contributed by atoms with van der Waals surface area (Å²) >= 11 is 0. The molecular formula is C14H13F3N2O4S. The lowest BCUT2D eigenvalue weighted by molar-refractivity contribution is -0.137. The van der Waals surface area contributed by atoms with Gasteiger partial charge in [0.1, 0.15) is 11.1 Å². The minimum atomic E-state index is -4.57. The van der Waals surface area contributed by atoms with Gasteiger partial charge in [-0.05, 0) is 18.2 Å². The summed E-state index contributed by atoms with van der Waals surface area (Å²) in [4.78, 5) is 3.90. The third kappa shape index (κ3) is 3.04. The van der Waals surface area contributed by atoms with E-state index in [0.717, 1.165) is 24.3 Å². The predicted octanol–water partition coefficient (Wildman–Crippen LogP) is 1.68. The summed E-state index contributed by atoms with van der Waals surface area (Å²) in [6.07, 6.45) is -4.57. The van der Waals surface area contributed by atoms with E-state index in [2.05, 4.69) is 10.3 Å². The predicted molar refractivity (Wildman–Crippen MR) is 78.2 cm³/mol. The number of benzene rings is 1. The molecule has 24 heavy (non-hydrogen) atoms. The first-order chi connectivity index (χ1) is 11.2. The zero-order valence-electron chi connectivity index (χ0n) is 12.2. The molecule has 0 saturated carbocycles. The number of ether oxygens (including phenoxy) is 1. The average molecular weight is 362 g/mol. The lowest BCUT2D eigenvalue weighted by atomic mass is 10.1. The highest BCUT2D eigenvalue weighted by Gasteiger charge is 2.33. The number of sulfone groups is 1. The number of rotatable bonds is 2. The summed E-state index contributed by atoms with van der Waals surface area (Å²) in [6, 6.07) is 3.40. The highest BCUT2D eigenvalue weighted by Crippen LogP contribution is 2.34. The molecule has 10 heteroatoms. The van der Waals surface area contributed by atoms with Crippen LogP contribution in [0.4, 0.5) is 13.2 Å². The van der Waals surface area contributed by atoms with Crippen LogP contribution in [0.2, 0.25) is 0 Å². The van der Waals surface area contributed by atoms with Gasteiger partial charge in [0, 0.05) is 18.0 Å². The number of pyridine rings is 1. The lowest BCUT2D eigenvalue weighted by Crippen LogP contribution is -2.46. The van der Waals surface area contributed by atoms with E-state index >= 15 is 0 Å². The number of hydrogen-bond donors (Lipinski definition) is 2. The Morgan fingerprint density at radius 3 is 2.67 bits per heavy atom. The average Bonchev–Trinajstić information content (AvgIpc) is 2.54. The summed E-state index contributed by atoms with van der Waals surface area (Å²) < 4.78 is 68.3. The van der Waals surface area contributed by atoms with E-state index in [1.165, 1.54) is 0 Å². The standard InChI is InChI=1S/C14H13F3N2O4S/c15-14(16,17)8-1-2-10-9(5-8)11(20)6-12(19-10)24(21,22)13-7-23-4-3-18-13/h1-2,5-6,13,18H,3-4,7H2,(H,19,20). The van der Waals surface area contributed by atoms with Gasteiger partial charge in [0.25, 0.3) is 0 Å². The Kier molecular flexibility index (Phi) is 4.14. The van der Waals surface area contributed by atoms with Gasteiger partial charge in [-0.15, -0.1) is 0 Å². The smallest absolute Gasteiger partial charge is 0.416 e. The largest absolute Gasteiger partial charge is 0.507 e. The van der Waals surface area contributed by atoms with Crippen LogP contribution in [0.3, 0.4) is 0 Å². The molecule has 0 amide bonds. The van der Waals surface area contributed by atoms with Crippen molar-refractivity contribution in [3.05, 3.63) is 29.8 Å². The molecule has 2 heterocycles. The SMILES string of the molecule is O=S(=O)(c1cc(O)c2cc(C(F)(F)F)ccc2n1)C1COCCN1. The van der Waals surface area contributed by atoms with E-state index in [1.807, 2.05) is 0 Å². The molecule has 1 aromatic heterocycles. The molecule has 1 fully saturated rings. The Morgan fingerprint density at radius 1 is 1.29 bits per heavy atom. The molecule has 1 aliphatic rings. The molecule has 0 radical (unpaired) electrons. The number of aromatic hydroxyl groups is 1. The summed E-state index contributed by atoms with van der Waals surface area (Å²) in [5, 5.41) is 11.1. The van der Waals surface area contributed by atoms with Crippen molar-refractivity contribution in [2.75, 3.05) is 19.8 Å². The highest BCUT2D eigenvalue weighted by atomic mass is 32.2. The number of halogens is 3. The van der Waals surface area contributed by atoms with Crippen molar-refractivity contribution in [3.63, 3.8) is 0 Å². The van der Waals surface area contributed by atoms with Gasteiger partial charge in [-0.3, -0.25) is 5.32 Å². The van der Waals surface area contributed by atoms with E-state index in [1.54, 1.807) is 0 Å². The van der Waals surface area contributed by atoms with Crippen LogP contribution >= 0.6 is 0 Å². The first-order valence-electron chi connectivity index (χ1n) is 6.95. The molecule has 1 unspecified atom stereocenters. The first-order valence-corrected chi connectivity index (χ1v) is 8.50. The number of nitrogens with zero attached hydrogens (tertiary/aromatic N) is 1. The van der Waals surface area contributed by atoms with Crippen molar-refractivity contribution in [1.29, 1.82) is 0 Å². The van der Waals surface area contributed by atoms with Crippen molar-refractivity contribution in [1.82, 2.24) is 10.3 Å². The Hall–Kier alpha value is -1.91. The maximum absolute atomic E-state index is 12.7. The first kappa shape index (κ1) is 16.9. The van der Waals surface area contributed by atoms with Crippen LogP contribution in [-0.4, -0.2) is 43.6 Å². The fourth-order valence-corrected chi connectivity index (χ4v) is 3.80. The number of morpholine rings is 1. The summed E-state index contributed by atoms with van der Waals surface area (Å²) in [5.74, 6) is -0.582. The van der Waals surface area contributed by atoms with Gasteiger partial charge in [0.05, 0.1) is 24.3 Å². The monoisotopic (exact) mass is 362 g/mol. The second-order valence-electron chi connectivity index (χ2n) is 5.27. The number of alkyl halides is 3. The summed E-state index contributed by atoms with van der Waals surface area (Å²) in [6.45, 7) is 0.650. The number of aromatic nitrogens is 1. The molecule has 1 aromatic carbocycles. The van der Waals surface area contributed by atoms with Crippen LogP contribution < -0.4 is 5.32 Å². The molecule has 1 saturated heterocycles. The van der Waals surface area contributed by atoms with Gasteiger partial charge in [0.2, 0.25) is 9.84 Å². The fourth-order valence-electron chi connectivity index (χ4n) is 2.39. The van der Waals surface area contributed by atoms with E-state index in [-0.39, 0.29) is 17.5 Å². The minimum absolute atomic E-state index is 0.0432. The second kappa shape index (κ2) is 5.87. The number of nitrogens with one attached hydrogen (secondary N) is 1. The molecule has 1 aliphatic heterocycles. The lowest BCUT2D eigenvalue weighted by Gasteiger charge is -2.23. The molecule has 0 bridgehead atoms. The van der Waals surface area contributed by atoms with E-state index in [0.29, 0.717) is 13.2 Å². The highest BCUT2D eigenvalue weighted by molar-refractivity contribution is 7.92. The molecular weight excluding hydrogens is 349 g/mol. The van der Waals surface area contributed by atoms with Crippen molar-refractivity contribution in [2.24, 2.45) is 0 Å². The van der Waals surface area contributed by atoms with E-state index in [9.17, 15) is 26.7 Å². The molecule has 130 valence electrons. The van der Waals surface area contributed by atoms with Crippen LogP contribution in [0, 0.1) is 0 Å². The van der Waals surface area contributed by atoms with E-state index in [4.69, 9.17) is 4.74 Å². The second-order valence-corrected chi connectivity index (χ2v) is 7.35. The maximum Gasteiger partial charge on any atom is 0.416 e. The number of fused-ring (bicyclic) bond motifs is 1. The summed E-state index contributed by atoms with van der Waals surface area (Å²) in [7, 11) is -3.94. The molecule has 0 aliphatic carbocycles. The zero-order valence-corrected chi connectivity index (χ0v) is 13.0. The van der Waals surface area contributed by atoms with Gasteiger partial charge in [0.15, 0.2) is 5.03 Å². The minimum Gasteiger partial charge on any atom is -0.507 e. The van der Waals surface area contributed by atoms with Crippen molar-refractivity contribution >= 4 is 20.7 Å². The Bertz CT molecular complexity index is 877.